The van der Waals surface area contributed by atoms with E-state index in [1.54, 1.807) is 0 Å². The smallest absolute Gasteiger partial charge is 0.495 e. The summed E-state index contributed by atoms with van der Waals surface area (Å²) in [6, 6.07) is 0. The van der Waals surface area contributed by atoms with Crippen molar-refractivity contribution in [1.29, 1.82) is 0 Å². The molecule has 0 N–H and O–H groups in total. The fourth-order valence-electron chi connectivity index (χ4n) is 3.77. The number of epoxide rings is 1. The Morgan fingerprint density at radius 3 is 2.18 bits per heavy atom. The van der Waals surface area contributed by atoms with Crippen LogP contribution >= 0.6 is 0 Å². The summed E-state index contributed by atoms with van der Waals surface area (Å²) in [6.07, 6.45) is 3.60. The van der Waals surface area contributed by atoms with Crippen LogP contribution in [0.2, 0.25) is 5.54 Å². The molecule has 0 aromatic carbocycles. The number of ether oxygens (including phenoxy) is 2. The van der Waals surface area contributed by atoms with Gasteiger partial charge in [0, 0.05) is 26.2 Å². The van der Waals surface area contributed by atoms with E-state index in [4.69, 9.17) is 22.8 Å². The highest BCUT2D eigenvalue weighted by atomic mass is 28.4. The van der Waals surface area contributed by atoms with Crippen LogP contribution in [-0.2, 0) is 22.8 Å². The molecule has 6 heteroatoms. The van der Waals surface area contributed by atoms with Crippen LogP contribution in [0.25, 0.3) is 0 Å². The monoisotopic (exact) mass is 328 g/mol. The Morgan fingerprint density at radius 2 is 1.68 bits per heavy atom. The van der Waals surface area contributed by atoms with E-state index in [1.165, 1.54) is 5.57 Å². The van der Waals surface area contributed by atoms with Crippen molar-refractivity contribution in [1.82, 2.24) is 0 Å². The predicted octanol–water partition coefficient (Wildman–Crippen LogP) is 2.89. The molecule has 3 atom stereocenters. The number of allylic oxidation sites excluding steroid dienone is 2. The van der Waals surface area contributed by atoms with Crippen molar-refractivity contribution in [3.05, 3.63) is 11.3 Å². The lowest BCUT2D eigenvalue weighted by molar-refractivity contribution is 0.0618. The Morgan fingerprint density at radius 1 is 1.05 bits per heavy atom. The molecule has 2 aliphatic carbocycles. The summed E-state index contributed by atoms with van der Waals surface area (Å²) in [7, 11) is -2.67. The van der Waals surface area contributed by atoms with Crippen molar-refractivity contribution >= 4 is 8.80 Å². The number of rotatable bonds is 10. The summed E-state index contributed by atoms with van der Waals surface area (Å²) in [5, 5.41) is 0. The van der Waals surface area contributed by atoms with E-state index in [0.29, 0.717) is 38.4 Å². The third-order valence-corrected chi connectivity index (χ3v) is 8.15. The Labute approximate surface area is 134 Å². The maximum Gasteiger partial charge on any atom is 0.508 e. The zero-order valence-corrected chi connectivity index (χ0v) is 14.9. The van der Waals surface area contributed by atoms with Crippen LogP contribution in [0.5, 0.6) is 0 Å². The Balaban J connectivity index is 1.78. The molecular weight excluding hydrogens is 300 g/mol. The van der Waals surface area contributed by atoms with Gasteiger partial charge >= 0.3 is 8.80 Å². The molecule has 3 aliphatic rings. The van der Waals surface area contributed by atoms with Crippen molar-refractivity contribution in [2.24, 2.45) is 5.92 Å². The average Bonchev–Trinajstić information content (AvgIpc) is 3.12. The van der Waals surface area contributed by atoms with Gasteiger partial charge in [-0.2, -0.15) is 0 Å². The second kappa shape index (κ2) is 7.01. The molecule has 0 aromatic rings. The van der Waals surface area contributed by atoms with Crippen molar-refractivity contribution in [3.63, 3.8) is 0 Å². The van der Waals surface area contributed by atoms with Crippen molar-refractivity contribution < 1.29 is 22.8 Å². The predicted molar refractivity (Wildman–Crippen MR) is 84.4 cm³/mol. The van der Waals surface area contributed by atoms with Gasteiger partial charge in [0.15, 0.2) is 0 Å². The molecule has 0 aromatic heterocycles. The minimum absolute atomic E-state index is 0.279. The maximum absolute atomic E-state index is 6.11. The van der Waals surface area contributed by atoms with E-state index >= 15 is 0 Å². The molecule has 1 saturated heterocycles. The molecule has 1 heterocycles. The summed E-state index contributed by atoms with van der Waals surface area (Å²) in [5.41, 5.74) is 1.67. The lowest BCUT2D eigenvalue weighted by Crippen LogP contribution is -2.50. The van der Waals surface area contributed by atoms with Gasteiger partial charge in [-0.3, -0.25) is 0 Å². The first-order valence-electron chi connectivity index (χ1n) is 8.60. The maximum atomic E-state index is 6.11. The highest BCUT2D eigenvalue weighted by Crippen LogP contribution is 2.55. The number of hydrogen-bond donors (Lipinski definition) is 0. The molecule has 0 spiro atoms. The topological polar surface area (TPSA) is 49.5 Å². The lowest BCUT2D eigenvalue weighted by atomic mass is 10.0. The van der Waals surface area contributed by atoms with E-state index < -0.39 is 8.80 Å². The molecule has 1 saturated carbocycles. The summed E-state index contributed by atoms with van der Waals surface area (Å²) >= 11 is 0. The van der Waals surface area contributed by atoms with Crippen molar-refractivity contribution in [3.8, 4) is 0 Å². The molecule has 126 valence electrons. The minimum atomic E-state index is -2.67. The Hall–Kier alpha value is -0.403. The largest absolute Gasteiger partial charge is 0.508 e. The molecule has 5 nitrogen and oxygen atoms in total. The zero-order chi connectivity index (χ0) is 15.6. The molecule has 1 aliphatic heterocycles. The summed E-state index contributed by atoms with van der Waals surface area (Å²) in [4.78, 5) is 0. The minimum Gasteiger partial charge on any atom is -0.495 e. The first-order valence-corrected chi connectivity index (χ1v) is 10.4. The summed E-state index contributed by atoms with van der Waals surface area (Å²) in [5.74, 6) is 1.83. The van der Waals surface area contributed by atoms with E-state index in [9.17, 15) is 0 Å². The summed E-state index contributed by atoms with van der Waals surface area (Å²) < 4.78 is 29.6. The molecule has 2 fully saturated rings. The molecule has 3 rings (SSSR count). The van der Waals surface area contributed by atoms with Gasteiger partial charge in [-0.15, -0.1) is 0 Å². The number of fused-ring (bicyclic) bond motifs is 2. The van der Waals surface area contributed by atoms with Gasteiger partial charge in [0.25, 0.3) is 0 Å². The highest BCUT2D eigenvalue weighted by Gasteiger charge is 2.57. The van der Waals surface area contributed by atoms with Gasteiger partial charge < -0.3 is 22.8 Å². The van der Waals surface area contributed by atoms with E-state index in [2.05, 4.69) is 0 Å². The first-order chi connectivity index (χ1) is 10.7. The Bertz CT molecular complexity index is 404. The fraction of sp³-hybridized carbons (Fsp3) is 0.875. The van der Waals surface area contributed by atoms with Gasteiger partial charge in [-0.1, -0.05) is 0 Å². The number of hydrogen-bond acceptors (Lipinski definition) is 5. The molecule has 22 heavy (non-hydrogen) atoms. The van der Waals surface area contributed by atoms with Gasteiger partial charge in [0.2, 0.25) is 0 Å². The van der Waals surface area contributed by atoms with Gasteiger partial charge in [0.05, 0.1) is 17.9 Å². The SMILES string of the molecule is CCO[Si](OCC)(OCC)C1CC2CC(OCC3CO3)=C1C2. The second-order valence-electron chi connectivity index (χ2n) is 6.18. The van der Waals surface area contributed by atoms with Crippen LogP contribution in [0.4, 0.5) is 0 Å². The zero-order valence-electron chi connectivity index (χ0n) is 13.9. The summed E-state index contributed by atoms with van der Waals surface area (Å²) in [6.45, 7) is 9.47. The molecular formula is C16H28O5Si. The quantitative estimate of drug-likeness (QED) is 0.456. The van der Waals surface area contributed by atoms with Crippen LogP contribution in [0, 0.1) is 5.92 Å². The fourth-order valence-corrected chi connectivity index (χ4v) is 7.15. The van der Waals surface area contributed by atoms with Gasteiger partial charge in [-0.05, 0) is 45.1 Å². The van der Waals surface area contributed by atoms with E-state index in [1.807, 2.05) is 20.8 Å². The highest BCUT2D eigenvalue weighted by molar-refractivity contribution is 6.63. The molecule has 2 bridgehead atoms. The molecule has 0 amide bonds. The van der Waals surface area contributed by atoms with Crippen LogP contribution in [0.1, 0.15) is 40.0 Å². The van der Waals surface area contributed by atoms with Crippen LogP contribution < -0.4 is 0 Å². The van der Waals surface area contributed by atoms with Crippen LogP contribution in [0.3, 0.4) is 0 Å². The lowest BCUT2D eigenvalue weighted by Gasteiger charge is -2.35. The van der Waals surface area contributed by atoms with E-state index in [0.717, 1.165) is 31.6 Å². The van der Waals surface area contributed by atoms with Crippen LogP contribution in [-0.4, -0.2) is 47.9 Å². The first kappa shape index (κ1) is 16.5. The average molecular weight is 328 g/mol. The standard InChI is InChI=1S/C16H28O5Si/c1-4-19-22(20-5-2,21-6-3)16-9-12-7-14(16)15(8-12)18-11-13-10-17-13/h12-13,16H,4-11H2,1-3H3. The van der Waals surface area contributed by atoms with Crippen LogP contribution in [0.15, 0.2) is 11.3 Å². The van der Waals surface area contributed by atoms with Crippen molar-refractivity contribution in [2.45, 2.75) is 51.7 Å². The van der Waals surface area contributed by atoms with Gasteiger partial charge in [-0.25, -0.2) is 0 Å². The normalized spacial score (nSPS) is 30.2. The molecule has 3 unspecified atom stereocenters. The third-order valence-electron chi connectivity index (χ3n) is 4.64. The van der Waals surface area contributed by atoms with Gasteiger partial charge in [0.1, 0.15) is 12.7 Å². The third kappa shape index (κ3) is 3.26. The van der Waals surface area contributed by atoms with Crippen molar-refractivity contribution in [2.75, 3.05) is 33.0 Å². The Kier molecular flexibility index (Phi) is 5.24. The van der Waals surface area contributed by atoms with E-state index in [-0.39, 0.29) is 5.54 Å². The second-order valence-corrected chi connectivity index (χ2v) is 8.95. The molecule has 0 radical (unpaired) electrons.